The van der Waals surface area contributed by atoms with Gasteiger partial charge in [-0.05, 0) is 12.1 Å². The van der Waals surface area contributed by atoms with Crippen molar-refractivity contribution in [1.29, 1.82) is 0 Å². The van der Waals surface area contributed by atoms with Crippen LogP contribution in [0.25, 0.3) is 11.3 Å². The summed E-state index contributed by atoms with van der Waals surface area (Å²) < 4.78 is 7.00. The number of aromatic nitrogens is 1. The average molecular weight is 219 g/mol. The lowest BCUT2D eigenvalue weighted by Gasteiger charge is -2.02. The van der Waals surface area contributed by atoms with Gasteiger partial charge in [-0.25, -0.2) is 0 Å². The number of pyridine rings is 1. The van der Waals surface area contributed by atoms with Crippen LogP contribution in [0, 0.1) is 0 Å². The van der Waals surface area contributed by atoms with Crippen molar-refractivity contribution >= 4 is 11.3 Å². The first-order chi connectivity index (χ1) is 7.72. The molecule has 0 atom stereocenters. The molecule has 0 aliphatic heterocycles. The SMILES string of the molecule is C=C(O)c1ccn2ccc(OC)cc12.CC. The highest BCUT2D eigenvalue weighted by molar-refractivity contribution is 5.74. The molecule has 3 nitrogen and oxygen atoms in total. The Bertz CT molecular complexity index is 486. The van der Waals surface area contributed by atoms with Crippen molar-refractivity contribution in [3.8, 4) is 5.75 Å². The summed E-state index contributed by atoms with van der Waals surface area (Å²) in [6.45, 7) is 7.50. The van der Waals surface area contributed by atoms with Gasteiger partial charge < -0.3 is 14.2 Å². The standard InChI is InChI=1S/C11H11NO2.C2H6/c1-8(13)10-4-6-12-5-3-9(14-2)7-11(10)12;1-2/h3-7,13H,1H2,2H3;1-2H3. The van der Waals surface area contributed by atoms with Crippen molar-refractivity contribution in [2.24, 2.45) is 0 Å². The molecule has 2 aromatic heterocycles. The molecule has 2 aromatic rings. The molecule has 0 spiro atoms. The Morgan fingerprint density at radius 1 is 1.31 bits per heavy atom. The van der Waals surface area contributed by atoms with E-state index in [4.69, 9.17) is 4.74 Å². The summed E-state index contributed by atoms with van der Waals surface area (Å²) in [5.41, 5.74) is 1.61. The number of aliphatic hydroxyl groups excluding tert-OH is 1. The van der Waals surface area contributed by atoms with Crippen molar-refractivity contribution in [3.05, 3.63) is 42.7 Å². The maximum absolute atomic E-state index is 9.33. The summed E-state index contributed by atoms with van der Waals surface area (Å²) in [6.07, 6.45) is 3.74. The molecule has 0 saturated heterocycles. The molecule has 0 radical (unpaired) electrons. The number of hydrogen-bond acceptors (Lipinski definition) is 2. The first-order valence-corrected chi connectivity index (χ1v) is 5.25. The van der Waals surface area contributed by atoms with E-state index >= 15 is 0 Å². The number of rotatable bonds is 2. The van der Waals surface area contributed by atoms with Crippen LogP contribution in [0.1, 0.15) is 19.4 Å². The Hall–Kier alpha value is -1.90. The van der Waals surface area contributed by atoms with Gasteiger partial charge in [0.1, 0.15) is 11.5 Å². The number of nitrogens with zero attached hydrogens (tertiary/aromatic N) is 1. The largest absolute Gasteiger partial charge is 0.508 e. The van der Waals surface area contributed by atoms with Crippen LogP contribution in [0.4, 0.5) is 0 Å². The Kier molecular flexibility index (Phi) is 4.00. The minimum Gasteiger partial charge on any atom is -0.508 e. The molecule has 3 heteroatoms. The highest BCUT2D eigenvalue weighted by Gasteiger charge is 2.05. The molecule has 1 N–H and O–H groups in total. The van der Waals surface area contributed by atoms with Crippen LogP contribution in [-0.2, 0) is 0 Å². The fourth-order valence-corrected chi connectivity index (χ4v) is 1.45. The van der Waals surface area contributed by atoms with E-state index in [2.05, 4.69) is 6.58 Å². The summed E-state index contributed by atoms with van der Waals surface area (Å²) in [5, 5.41) is 9.33. The lowest BCUT2D eigenvalue weighted by molar-refractivity contribution is 0.414. The van der Waals surface area contributed by atoms with Crippen LogP contribution < -0.4 is 4.74 Å². The third-order valence-corrected chi connectivity index (χ3v) is 2.18. The fourth-order valence-electron chi connectivity index (χ4n) is 1.45. The molecule has 86 valence electrons. The van der Waals surface area contributed by atoms with Gasteiger partial charge in [-0.2, -0.15) is 0 Å². The predicted molar refractivity (Wildman–Crippen MR) is 67.0 cm³/mol. The van der Waals surface area contributed by atoms with E-state index in [1.54, 1.807) is 7.11 Å². The van der Waals surface area contributed by atoms with Gasteiger partial charge in [0.2, 0.25) is 0 Å². The highest BCUT2D eigenvalue weighted by Crippen LogP contribution is 2.22. The van der Waals surface area contributed by atoms with Gasteiger partial charge in [0.15, 0.2) is 0 Å². The Labute approximate surface area is 95.6 Å². The number of hydrogen-bond donors (Lipinski definition) is 1. The zero-order valence-electron chi connectivity index (χ0n) is 9.90. The van der Waals surface area contributed by atoms with Crippen molar-refractivity contribution in [2.75, 3.05) is 7.11 Å². The molecule has 0 aromatic carbocycles. The minimum absolute atomic E-state index is 0.0701. The molecule has 0 unspecified atom stereocenters. The molecular formula is C13H17NO2. The van der Waals surface area contributed by atoms with E-state index in [-0.39, 0.29) is 5.76 Å². The van der Waals surface area contributed by atoms with Gasteiger partial charge in [0, 0.05) is 24.0 Å². The van der Waals surface area contributed by atoms with Crippen LogP contribution in [-0.4, -0.2) is 16.6 Å². The quantitative estimate of drug-likeness (QED) is 0.784. The second-order valence-corrected chi connectivity index (χ2v) is 3.04. The molecule has 2 rings (SSSR count). The molecule has 0 saturated carbocycles. The molecule has 16 heavy (non-hydrogen) atoms. The normalized spacial score (nSPS) is 9.44. The zero-order valence-corrected chi connectivity index (χ0v) is 9.90. The molecule has 0 fully saturated rings. The van der Waals surface area contributed by atoms with Crippen LogP contribution in [0.2, 0.25) is 0 Å². The second-order valence-electron chi connectivity index (χ2n) is 3.04. The summed E-state index contributed by atoms with van der Waals surface area (Å²) in [5.74, 6) is 0.833. The van der Waals surface area contributed by atoms with Crippen LogP contribution >= 0.6 is 0 Å². The topological polar surface area (TPSA) is 33.9 Å². The van der Waals surface area contributed by atoms with E-state index in [1.807, 2.05) is 48.8 Å². The molecule has 0 bridgehead atoms. The second kappa shape index (κ2) is 5.26. The molecule has 0 aliphatic carbocycles. The van der Waals surface area contributed by atoms with Gasteiger partial charge in [0.05, 0.1) is 12.6 Å². The van der Waals surface area contributed by atoms with E-state index < -0.39 is 0 Å². The minimum atomic E-state index is 0.0701. The number of ether oxygens (including phenoxy) is 1. The molecule has 2 heterocycles. The first-order valence-electron chi connectivity index (χ1n) is 5.25. The third-order valence-electron chi connectivity index (χ3n) is 2.18. The van der Waals surface area contributed by atoms with Crippen molar-refractivity contribution < 1.29 is 9.84 Å². The van der Waals surface area contributed by atoms with Gasteiger partial charge >= 0.3 is 0 Å². The van der Waals surface area contributed by atoms with Crippen molar-refractivity contribution in [1.82, 2.24) is 4.40 Å². The van der Waals surface area contributed by atoms with E-state index in [0.29, 0.717) is 0 Å². The zero-order chi connectivity index (χ0) is 12.1. The van der Waals surface area contributed by atoms with E-state index in [0.717, 1.165) is 16.8 Å². The van der Waals surface area contributed by atoms with Crippen LogP contribution in [0.3, 0.4) is 0 Å². The molecule has 0 aliphatic rings. The van der Waals surface area contributed by atoms with E-state index in [1.165, 1.54) is 0 Å². The summed E-state index contributed by atoms with van der Waals surface area (Å²) in [4.78, 5) is 0. The van der Waals surface area contributed by atoms with Gasteiger partial charge in [-0.1, -0.05) is 20.4 Å². The highest BCUT2D eigenvalue weighted by atomic mass is 16.5. The van der Waals surface area contributed by atoms with Crippen LogP contribution in [0.5, 0.6) is 5.75 Å². The first kappa shape index (κ1) is 12.2. The Morgan fingerprint density at radius 3 is 2.50 bits per heavy atom. The maximum Gasteiger partial charge on any atom is 0.122 e. The maximum atomic E-state index is 9.33. The lowest BCUT2D eigenvalue weighted by Crippen LogP contribution is -1.87. The predicted octanol–water partition coefficient (Wildman–Crippen LogP) is 3.50. The molecule has 0 amide bonds. The van der Waals surface area contributed by atoms with E-state index in [9.17, 15) is 5.11 Å². The van der Waals surface area contributed by atoms with Crippen molar-refractivity contribution in [2.45, 2.75) is 13.8 Å². The van der Waals surface area contributed by atoms with Gasteiger partial charge in [0.25, 0.3) is 0 Å². The van der Waals surface area contributed by atoms with Gasteiger partial charge in [-0.15, -0.1) is 0 Å². The van der Waals surface area contributed by atoms with Crippen molar-refractivity contribution in [3.63, 3.8) is 0 Å². The van der Waals surface area contributed by atoms with Crippen LogP contribution in [0.15, 0.2) is 37.2 Å². The Balaban J connectivity index is 0.000000606. The molecular weight excluding hydrogens is 202 g/mol. The third kappa shape index (κ3) is 2.19. The smallest absolute Gasteiger partial charge is 0.122 e. The number of aliphatic hydroxyl groups is 1. The number of fused-ring (bicyclic) bond motifs is 1. The summed E-state index contributed by atoms with van der Waals surface area (Å²) >= 11 is 0. The Morgan fingerprint density at radius 2 is 1.94 bits per heavy atom. The lowest BCUT2D eigenvalue weighted by atomic mass is 10.2. The number of methoxy groups -OCH3 is 1. The van der Waals surface area contributed by atoms with Gasteiger partial charge in [-0.3, -0.25) is 0 Å². The summed E-state index contributed by atoms with van der Waals surface area (Å²) in [7, 11) is 1.61. The monoisotopic (exact) mass is 219 g/mol. The average Bonchev–Trinajstić information content (AvgIpc) is 2.74. The fraction of sp³-hybridized carbons (Fsp3) is 0.231. The summed E-state index contributed by atoms with van der Waals surface area (Å²) in [6, 6.07) is 5.53.